The third-order valence-corrected chi connectivity index (χ3v) is 5.74. The number of rotatable bonds is 4. The summed E-state index contributed by atoms with van der Waals surface area (Å²) in [6.07, 6.45) is 5.42. The fourth-order valence-corrected chi connectivity index (χ4v) is 3.90. The molecule has 3 aliphatic rings. The van der Waals surface area contributed by atoms with Crippen LogP contribution in [0.1, 0.15) is 36.0 Å². The maximum absolute atomic E-state index is 12.9. The second kappa shape index (κ2) is 6.29. The Morgan fingerprint density at radius 1 is 1.40 bits per heavy atom. The number of carboxylic acids is 1. The number of fused-ring (bicyclic) bond motifs is 1. The van der Waals surface area contributed by atoms with Gasteiger partial charge in [0.15, 0.2) is 0 Å². The van der Waals surface area contributed by atoms with Crippen LogP contribution in [0.2, 0.25) is 0 Å². The molecule has 0 bridgehead atoms. The molecule has 0 unspecified atom stereocenters. The highest BCUT2D eigenvalue weighted by Gasteiger charge is 2.54. The normalized spacial score (nSPS) is 29.0. The number of carboxylic acid groups (broad SMARTS) is 1. The predicted octanol–water partition coefficient (Wildman–Crippen LogP) is 1.58. The fraction of sp³-hybridized carbons (Fsp3) is 0.611. The Morgan fingerprint density at radius 3 is 2.92 bits per heavy atom. The number of carbonyl (C=O) groups excluding carboxylic acids is 1. The molecule has 1 aromatic rings. The van der Waals surface area contributed by atoms with Crippen LogP contribution in [0.4, 0.5) is 0 Å². The Balaban J connectivity index is 1.51. The van der Waals surface area contributed by atoms with E-state index in [0.717, 1.165) is 19.3 Å². The van der Waals surface area contributed by atoms with Gasteiger partial charge in [0.05, 0.1) is 12.0 Å². The molecule has 7 nitrogen and oxygen atoms in total. The Kier molecular flexibility index (Phi) is 4.11. The molecule has 1 amide bonds. The van der Waals surface area contributed by atoms with E-state index in [1.807, 2.05) is 0 Å². The number of pyridine rings is 1. The predicted molar refractivity (Wildman–Crippen MR) is 87.4 cm³/mol. The lowest BCUT2D eigenvalue weighted by atomic mass is 9.74. The summed E-state index contributed by atoms with van der Waals surface area (Å²) in [5.74, 6) is -0.700. The molecular weight excluding hydrogens is 324 g/mol. The van der Waals surface area contributed by atoms with Crippen LogP contribution in [0, 0.1) is 11.3 Å². The number of hydrogen-bond donors (Lipinski definition) is 1. The number of ether oxygens (including phenoxy) is 2. The molecule has 2 aliphatic heterocycles. The summed E-state index contributed by atoms with van der Waals surface area (Å²) in [5, 5.41) is 9.72. The number of amides is 1. The summed E-state index contributed by atoms with van der Waals surface area (Å²) < 4.78 is 11.2. The van der Waals surface area contributed by atoms with Crippen molar-refractivity contribution < 1.29 is 24.2 Å². The first kappa shape index (κ1) is 16.3. The van der Waals surface area contributed by atoms with Gasteiger partial charge < -0.3 is 19.5 Å². The Hall–Kier alpha value is -2.15. The number of aromatic nitrogens is 1. The molecule has 1 aromatic heterocycles. The summed E-state index contributed by atoms with van der Waals surface area (Å²) >= 11 is 0. The van der Waals surface area contributed by atoms with Crippen LogP contribution in [0.5, 0.6) is 5.88 Å². The van der Waals surface area contributed by atoms with Crippen LogP contribution in [0.3, 0.4) is 0 Å². The van der Waals surface area contributed by atoms with Crippen LogP contribution in [0.15, 0.2) is 18.3 Å². The Morgan fingerprint density at radius 2 is 2.24 bits per heavy atom. The molecule has 2 atom stereocenters. The maximum Gasteiger partial charge on any atom is 0.311 e. The van der Waals surface area contributed by atoms with E-state index in [4.69, 9.17) is 9.47 Å². The molecule has 0 spiro atoms. The monoisotopic (exact) mass is 346 g/mol. The summed E-state index contributed by atoms with van der Waals surface area (Å²) in [6.45, 7) is 1.46. The fourth-order valence-electron chi connectivity index (χ4n) is 3.90. The van der Waals surface area contributed by atoms with Crippen molar-refractivity contribution in [2.75, 3.05) is 26.3 Å². The zero-order valence-electron chi connectivity index (χ0n) is 14.0. The van der Waals surface area contributed by atoms with Gasteiger partial charge in [-0.05, 0) is 31.7 Å². The highest BCUT2D eigenvalue weighted by molar-refractivity contribution is 5.95. The number of carbonyl (C=O) groups is 2. The van der Waals surface area contributed by atoms with Crippen LogP contribution < -0.4 is 4.74 Å². The van der Waals surface area contributed by atoms with E-state index < -0.39 is 11.4 Å². The van der Waals surface area contributed by atoms with Crippen molar-refractivity contribution >= 4 is 11.9 Å². The van der Waals surface area contributed by atoms with Crippen molar-refractivity contribution in [2.24, 2.45) is 11.3 Å². The molecule has 0 radical (unpaired) electrons. The minimum atomic E-state index is -0.883. The van der Waals surface area contributed by atoms with Gasteiger partial charge in [0, 0.05) is 43.4 Å². The Labute approximate surface area is 145 Å². The van der Waals surface area contributed by atoms with Gasteiger partial charge in [0.2, 0.25) is 5.88 Å². The quantitative estimate of drug-likeness (QED) is 0.890. The van der Waals surface area contributed by atoms with Gasteiger partial charge in [0.1, 0.15) is 6.10 Å². The van der Waals surface area contributed by atoms with Crippen molar-refractivity contribution in [3.8, 4) is 5.88 Å². The zero-order chi connectivity index (χ0) is 17.4. The molecule has 1 saturated carbocycles. The van der Waals surface area contributed by atoms with Gasteiger partial charge in [0.25, 0.3) is 5.91 Å². The Bertz CT molecular complexity index is 690. The summed E-state index contributed by atoms with van der Waals surface area (Å²) in [7, 11) is 0. The lowest BCUT2D eigenvalue weighted by Crippen LogP contribution is -2.45. The first-order valence-corrected chi connectivity index (χ1v) is 8.82. The van der Waals surface area contributed by atoms with Gasteiger partial charge in [-0.25, -0.2) is 4.98 Å². The SMILES string of the molecule is O=C(c1ccnc(OC2CCC2)c1)N1C[C@H]2COCC[C@@]2(C(=O)O)C1. The third kappa shape index (κ3) is 2.86. The maximum atomic E-state index is 12.9. The van der Waals surface area contributed by atoms with E-state index in [1.165, 1.54) is 0 Å². The molecule has 25 heavy (non-hydrogen) atoms. The molecule has 2 saturated heterocycles. The first-order valence-electron chi connectivity index (χ1n) is 8.82. The number of aliphatic carboxylic acids is 1. The standard InChI is InChI=1S/C18H22N2O5/c21-16(12-4-6-19-15(8-12)25-14-2-1-3-14)20-9-13-10-24-7-5-18(13,11-20)17(22)23/h4,6,8,13-14H,1-3,5,7,9-11H2,(H,22,23)/t13-,18+/m0/s1. The molecule has 4 rings (SSSR count). The molecule has 3 fully saturated rings. The third-order valence-electron chi connectivity index (χ3n) is 5.74. The lowest BCUT2D eigenvalue weighted by Gasteiger charge is -2.33. The van der Waals surface area contributed by atoms with E-state index in [9.17, 15) is 14.7 Å². The average molecular weight is 346 g/mol. The number of likely N-dealkylation sites (tertiary alicyclic amines) is 1. The summed E-state index contributed by atoms with van der Waals surface area (Å²) in [5.41, 5.74) is -0.393. The highest BCUT2D eigenvalue weighted by Crippen LogP contribution is 2.42. The van der Waals surface area contributed by atoms with E-state index in [0.29, 0.717) is 37.6 Å². The molecular formula is C18H22N2O5. The van der Waals surface area contributed by atoms with Crippen LogP contribution in [0.25, 0.3) is 0 Å². The first-order chi connectivity index (χ1) is 12.1. The average Bonchev–Trinajstić information content (AvgIpc) is 2.99. The van der Waals surface area contributed by atoms with E-state index in [-0.39, 0.29) is 24.5 Å². The minimum absolute atomic E-state index is 0.157. The molecule has 7 heteroatoms. The van der Waals surface area contributed by atoms with Gasteiger partial charge in [-0.2, -0.15) is 0 Å². The molecule has 1 aliphatic carbocycles. The van der Waals surface area contributed by atoms with Gasteiger partial charge >= 0.3 is 5.97 Å². The van der Waals surface area contributed by atoms with Crippen molar-refractivity contribution in [2.45, 2.75) is 31.8 Å². The number of nitrogens with zero attached hydrogens (tertiary/aromatic N) is 2. The van der Waals surface area contributed by atoms with Crippen molar-refractivity contribution in [3.05, 3.63) is 23.9 Å². The molecule has 0 aromatic carbocycles. The molecule has 1 N–H and O–H groups in total. The van der Waals surface area contributed by atoms with E-state index in [1.54, 1.807) is 23.2 Å². The van der Waals surface area contributed by atoms with Crippen molar-refractivity contribution in [1.29, 1.82) is 0 Å². The molecule has 134 valence electrons. The van der Waals surface area contributed by atoms with Crippen LogP contribution >= 0.6 is 0 Å². The van der Waals surface area contributed by atoms with Gasteiger partial charge in [-0.3, -0.25) is 9.59 Å². The molecule has 3 heterocycles. The van der Waals surface area contributed by atoms with E-state index in [2.05, 4.69) is 4.98 Å². The summed E-state index contributed by atoms with van der Waals surface area (Å²) in [4.78, 5) is 30.6. The summed E-state index contributed by atoms with van der Waals surface area (Å²) in [6, 6.07) is 3.31. The second-order valence-corrected chi connectivity index (χ2v) is 7.22. The van der Waals surface area contributed by atoms with Gasteiger partial charge in [-0.1, -0.05) is 0 Å². The van der Waals surface area contributed by atoms with Crippen molar-refractivity contribution in [3.63, 3.8) is 0 Å². The highest BCUT2D eigenvalue weighted by atomic mass is 16.5. The van der Waals surface area contributed by atoms with Crippen LogP contribution in [-0.4, -0.2) is 59.3 Å². The topological polar surface area (TPSA) is 89.0 Å². The van der Waals surface area contributed by atoms with E-state index >= 15 is 0 Å². The largest absolute Gasteiger partial charge is 0.481 e. The number of hydrogen-bond acceptors (Lipinski definition) is 5. The van der Waals surface area contributed by atoms with Gasteiger partial charge in [-0.15, -0.1) is 0 Å². The van der Waals surface area contributed by atoms with Crippen LogP contribution in [-0.2, 0) is 9.53 Å². The lowest BCUT2D eigenvalue weighted by molar-refractivity contribution is -0.157. The zero-order valence-corrected chi connectivity index (χ0v) is 14.0. The second-order valence-electron chi connectivity index (χ2n) is 7.22. The smallest absolute Gasteiger partial charge is 0.311 e. The van der Waals surface area contributed by atoms with Crippen molar-refractivity contribution in [1.82, 2.24) is 9.88 Å². The minimum Gasteiger partial charge on any atom is -0.481 e.